The van der Waals surface area contributed by atoms with E-state index in [0.29, 0.717) is 5.56 Å². The molecule has 0 unspecified atom stereocenters. The van der Waals surface area contributed by atoms with Crippen molar-refractivity contribution in [3.63, 3.8) is 0 Å². The van der Waals surface area contributed by atoms with E-state index in [1.54, 1.807) is 0 Å². The van der Waals surface area contributed by atoms with E-state index >= 15 is 0 Å². The van der Waals surface area contributed by atoms with Gasteiger partial charge in [0.25, 0.3) is 0 Å². The Morgan fingerprint density at radius 2 is 1.14 bits per heavy atom. The molecule has 0 aliphatic rings. The first kappa shape index (κ1) is 33.6. The van der Waals surface area contributed by atoms with Crippen LogP contribution in [0.3, 0.4) is 0 Å². The number of carbonyl (C=O) groups is 1. The Morgan fingerprint density at radius 3 is 1.58 bits per heavy atom. The van der Waals surface area contributed by atoms with E-state index in [-0.39, 0.29) is 50.7 Å². The Hall–Kier alpha value is -2.37. The summed E-state index contributed by atoms with van der Waals surface area (Å²) in [6.45, 7) is 3.68. The molecule has 2 radical (unpaired) electrons. The normalized spacial score (nSPS) is 9.06. The van der Waals surface area contributed by atoms with Crippen LogP contribution in [0.2, 0.25) is 0 Å². The van der Waals surface area contributed by atoms with Crippen molar-refractivity contribution in [2.75, 3.05) is 0 Å². The fraction of sp³-hybridized carbons (Fsp3) is 0.0667. The van der Waals surface area contributed by atoms with Gasteiger partial charge in [0.15, 0.2) is 0 Å². The third-order valence-corrected chi connectivity index (χ3v) is 6.34. The number of hydrogen-bond acceptors (Lipinski definition) is 1. The second-order valence-electron chi connectivity index (χ2n) is 7.61. The smallest absolute Gasteiger partial charge is 1.00 e. The first-order valence-corrected chi connectivity index (χ1v) is 11.8. The third kappa shape index (κ3) is 10.7. The van der Waals surface area contributed by atoms with Gasteiger partial charge in [-0.25, -0.2) is 0 Å². The average molecular weight is 695 g/mol. The molecule has 2 nitrogen and oxygen atoms in total. The van der Waals surface area contributed by atoms with Gasteiger partial charge in [-0.05, 0) is 25.0 Å². The van der Waals surface area contributed by atoms with Crippen LogP contribution in [-0.2, 0) is 25.8 Å². The zero-order chi connectivity index (χ0) is 23.5. The van der Waals surface area contributed by atoms with Crippen LogP contribution in [0.25, 0.3) is 16.5 Å². The van der Waals surface area contributed by atoms with Crippen molar-refractivity contribution < 1.29 is 55.5 Å². The van der Waals surface area contributed by atoms with Crippen LogP contribution in [0.15, 0.2) is 121 Å². The van der Waals surface area contributed by atoms with Gasteiger partial charge in [-0.3, -0.25) is 0 Å². The quantitative estimate of drug-likeness (QED) is 0.199. The number of hydrogen-bond donors (Lipinski definition) is 0. The van der Waals surface area contributed by atoms with E-state index < -0.39 is 5.91 Å². The average Bonchev–Trinajstić information content (AvgIpc) is 3.30. The molecule has 0 saturated heterocycles. The molecule has 1 N–H and O–H groups in total. The van der Waals surface area contributed by atoms with Crippen LogP contribution in [-0.4, -0.2) is 15.4 Å². The number of amides is 1. The molecule has 0 bridgehead atoms. The van der Waals surface area contributed by atoms with Crippen LogP contribution in [0.4, 0.5) is 0 Å². The second-order valence-corrected chi connectivity index (χ2v) is 9.01. The van der Waals surface area contributed by atoms with Gasteiger partial charge in [0.1, 0.15) is 9.52 Å². The van der Waals surface area contributed by atoms with Crippen molar-refractivity contribution in [2.45, 2.75) is 13.8 Å². The Kier molecular flexibility index (Phi) is 16.8. The molecule has 5 aromatic carbocycles. The van der Waals surface area contributed by atoms with E-state index in [1.807, 2.05) is 32.0 Å². The van der Waals surface area contributed by atoms with Crippen LogP contribution in [0, 0.1) is 13.8 Å². The Morgan fingerprint density at radius 1 is 0.667 bits per heavy atom. The van der Waals surface area contributed by atoms with Crippen molar-refractivity contribution in [2.24, 2.45) is 0 Å². The molecule has 0 aromatic heterocycles. The summed E-state index contributed by atoms with van der Waals surface area (Å²) in [4.78, 5) is 10.8. The first-order valence-electron chi connectivity index (χ1n) is 10.8. The summed E-state index contributed by atoms with van der Waals surface area (Å²) < 4.78 is 0. The third-order valence-electron chi connectivity index (χ3n) is 5.09. The molecular formula is C30H27Cl2HfNOSi. The minimum absolute atomic E-state index is 0. The van der Waals surface area contributed by atoms with E-state index in [2.05, 4.69) is 103 Å². The summed E-state index contributed by atoms with van der Waals surface area (Å²) in [5.41, 5.74) is 9.26. The van der Waals surface area contributed by atoms with Crippen LogP contribution >= 0.6 is 0 Å². The van der Waals surface area contributed by atoms with Gasteiger partial charge in [-0.2, -0.15) is 17.5 Å². The standard InChI is InChI=1S/C12H10Si.C9H11NO.C9H7.2ClH.Hf/c1-3-7-11(8-4-1)13-12-9-5-2-6-10-12;1-6-4-3-5-7(2)8(6)9(10)11;1-2-5-9-7-3-6-8(9)4-1;;;/h1-10H;3-5H,1-2H3,(H2,10,11);1-7H;2*1H;/q;;-1;;;+4/p-3. The molecule has 5 aromatic rings. The maximum atomic E-state index is 10.8. The van der Waals surface area contributed by atoms with Crippen molar-refractivity contribution in [1.82, 2.24) is 0 Å². The SMILES string of the molecule is Cc1cccc(C)c1C([NH-])=O.[Cl-].[Cl-].[Hf+4].c1ccc([Si]c2ccccc2)cc1.c1ccc2[cH-]ccc2c1. The molecule has 180 valence electrons. The monoisotopic (exact) mass is 695 g/mol. The molecule has 5 rings (SSSR count). The molecular weight excluding hydrogens is 668 g/mol. The van der Waals surface area contributed by atoms with Gasteiger partial charge in [-0.1, -0.05) is 95.3 Å². The number of fused-ring (bicyclic) bond motifs is 1. The number of carbonyl (C=O) groups excluding carboxylic acids is 1. The van der Waals surface area contributed by atoms with Crippen LogP contribution < -0.4 is 35.2 Å². The minimum atomic E-state index is -0.597. The zero-order valence-corrected chi connectivity index (χ0v) is 26.3. The van der Waals surface area contributed by atoms with Crippen molar-refractivity contribution in [3.05, 3.63) is 144 Å². The first-order chi connectivity index (χ1) is 16.0. The molecule has 36 heavy (non-hydrogen) atoms. The maximum Gasteiger partial charge on any atom is 4.00 e. The topological polar surface area (TPSA) is 40.9 Å². The number of aryl methyl sites for hydroxylation is 2. The molecule has 0 aliphatic heterocycles. The molecule has 0 heterocycles. The Bertz CT molecular complexity index is 1210. The summed E-state index contributed by atoms with van der Waals surface area (Å²) in [5, 5.41) is 5.46. The fourth-order valence-corrected chi connectivity index (χ4v) is 4.50. The summed E-state index contributed by atoms with van der Waals surface area (Å²) in [6.07, 6.45) is 0. The predicted molar refractivity (Wildman–Crippen MR) is 142 cm³/mol. The molecule has 0 spiro atoms. The molecule has 0 atom stereocenters. The summed E-state index contributed by atoms with van der Waals surface area (Å²) >= 11 is 0. The summed E-state index contributed by atoms with van der Waals surface area (Å²) in [7, 11) is 0.777. The van der Waals surface area contributed by atoms with Gasteiger partial charge in [0.05, 0.1) is 5.91 Å². The number of rotatable bonds is 3. The van der Waals surface area contributed by atoms with Gasteiger partial charge < -0.3 is 35.3 Å². The van der Waals surface area contributed by atoms with E-state index in [1.165, 1.54) is 21.1 Å². The maximum absolute atomic E-state index is 10.8. The second kappa shape index (κ2) is 18.0. The van der Waals surface area contributed by atoms with Crippen molar-refractivity contribution in [3.8, 4) is 0 Å². The number of halogens is 2. The molecule has 0 fully saturated rings. The molecule has 1 amide bonds. The number of nitrogens with one attached hydrogen (secondary N) is 1. The van der Waals surface area contributed by atoms with Gasteiger partial charge in [-0.15, -0.1) is 29.7 Å². The predicted octanol–water partition coefficient (Wildman–Crippen LogP) is 0.402. The molecule has 0 aliphatic carbocycles. The van der Waals surface area contributed by atoms with Crippen LogP contribution in [0.5, 0.6) is 0 Å². The van der Waals surface area contributed by atoms with Gasteiger partial charge in [0, 0.05) is 5.56 Å². The summed E-state index contributed by atoms with van der Waals surface area (Å²) in [5.74, 6) is -0.597. The van der Waals surface area contributed by atoms with Gasteiger partial charge >= 0.3 is 25.8 Å². The minimum Gasteiger partial charge on any atom is -1.00 e. The molecule has 6 heteroatoms. The van der Waals surface area contributed by atoms with Crippen molar-refractivity contribution >= 4 is 36.6 Å². The Labute approximate surface area is 248 Å². The number of benzene rings is 4. The largest absolute Gasteiger partial charge is 4.00 e. The summed E-state index contributed by atoms with van der Waals surface area (Å²) in [6, 6.07) is 41.4. The van der Waals surface area contributed by atoms with Gasteiger partial charge in [0.2, 0.25) is 0 Å². The fourth-order valence-electron chi connectivity index (χ4n) is 3.45. The zero-order valence-electron chi connectivity index (χ0n) is 20.2. The van der Waals surface area contributed by atoms with Crippen molar-refractivity contribution in [1.29, 1.82) is 0 Å². The Balaban J connectivity index is 0.000000497. The van der Waals surface area contributed by atoms with Crippen LogP contribution in [0.1, 0.15) is 21.5 Å². The van der Waals surface area contributed by atoms with E-state index in [0.717, 1.165) is 20.6 Å². The van der Waals surface area contributed by atoms with E-state index in [9.17, 15) is 4.79 Å². The van der Waals surface area contributed by atoms with E-state index in [4.69, 9.17) is 5.73 Å². The molecule has 0 saturated carbocycles.